The van der Waals surface area contributed by atoms with Gasteiger partial charge in [0.15, 0.2) is 0 Å². The molecule has 2 aliphatic heterocycles. The van der Waals surface area contributed by atoms with Crippen molar-refractivity contribution in [3.8, 4) is 0 Å². The Bertz CT molecular complexity index is 571. The number of nitrogens with zero attached hydrogens (tertiary/aromatic N) is 4. The Morgan fingerprint density at radius 3 is 2.96 bits per heavy atom. The number of rotatable bonds is 5. The van der Waals surface area contributed by atoms with E-state index in [1.54, 1.807) is 6.20 Å². The van der Waals surface area contributed by atoms with Crippen molar-refractivity contribution in [3.63, 3.8) is 0 Å². The summed E-state index contributed by atoms with van der Waals surface area (Å²) in [5.74, 6) is 1.08. The molecule has 0 N–H and O–H groups in total. The summed E-state index contributed by atoms with van der Waals surface area (Å²) < 4.78 is 6.92. The fourth-order valence-electron chi connectivity index (χ4n) is 3.39. The lowest BCUT2D eigenvalue weighted by Gasteiger charge is -2.36. The van der Waals surface area contributed by atoms with Crippen LogP contribution in [0.4, 0.5) is 4.79 Å². The fraction of sp³-hybridized carbons (Fsp3) is 0.688. The third-order valence-corrected chi connectivity index (χ3v) is 4.74. The van der Waals surface area contributed by atoms with E-state index in [1.807, 2.05) is 22.7 Å². The molecule has 0 aliphatic carbocycles. The topological polar surface area (TPSA) is 67.7 Å². The van der Waals surface area contributed by atoms with E-state index in [-0.39, 0.29) is 24.6 Å². The van der Waals surface area contributed by atoms with Crippen LogP contribution in [0.15, 0.2) is 12.4 Å². The molecule has 126 valence electrons. The van der Waals surface area contributed by atoms with E-state index in [0.29, 0.717) is 13.2 Å². The second kappa shape index (κ2) is 7.02. The number of ether oxygens (including phenoxy) is 1. The van der Waals surface area contributed by atoms with Crippen LogP contribution in [-0.2, 0) is 23.0 Å². The Hall–Kier alpha value is -2.05. The highest BCUT2D eigenvalue weighted by molar-refractivity contribution is 5.83. The highest BCUT2D eigenvalue weighted by atomic mass is 16.6. The van der Waals surface area contributed by atoms with Crippen molar-refractivity contribution in [1.29, 1.82) is 0 Å². The van der Waals surface area contributed by atoms with E-state index in [4.69, 9.17) is 4.74 Å². The second-order valence-corrected chi connectivity index (χ2v) is 6.27. The number of carbonyl (C=O) groups is 2. The van der Waals surface area contributed by atoms with Crippen LogP contribution in [-0.4, -0.2) is 63.6 Å². The van der Waals surface area contributed by atoms with Gasteiger partial charge in [0.2, 0.25) is 5.91 Å². The molecular formula is C16H24N4O3. The summed E-state index contributed by atoms with van der Waals surface area (Å²) in [5.41, 5.74) is 0. The Balaban J connectivity index is 1.58. The lowest BCUT2D eigenvalue weighted by Crippen LogP contribution is -2.48. The largest absolute Gasteiger partial charge is 0.448 e. The zero-order chi connectivity index (χ0) is 16.2. The molecule has 3 heterocycles. The van der Waals surface area contributed by atoms with Crippen molar-refractivity contribution in [3.05, 3.63) is 18.2 Å². The number of hydrogen-bond acceptors (Lipinski definition) is 4. The van der Waals surface area contributed by atoms with Gasteiger partial charge in [-0.25, -0.2) is 9.78 Å². The number of amides is 2. The Kier molecular flexibility index (Phi) is 4.83. The number of hydrogen-bond donors (Lipinski definition) is 0. The van der Waals surface area contributed by atoms with Crippen LogP contribution < -0.4 is 0 Å². The number of likely N-dealkylation sites (tertiary alicyclic amines) is 1. The lowest BCUT2D eigenvalue weighted by atomic mass is 9.97. The minimum absolute atomic E-state index is 0.0355. The molecule has 7 heteroatoms. The molecule has 0 aromatic carbocycles. The maximum Gasteiger partial charge on any atom is 0.410 e. The molecule has 0 saturated carbocycles. The van der Waals surface area contributed by atoms with Gasteiger partial charge in [-0.15, -0.1) is 0 Å². The number of carbonyl (C=O) groups excluding carboxylic acids is 2. The van der Waals surface area contributed by atoms with Crippen LogP contribution in [0.1, 0.15) is 31.5 Å². The molecule has 0 radical (unpaired) electrons. The SMILES string of the molecule is Cn1ccnc1CCC1CCCCN1C(=O)CN1CCOC1=O. The summed E-state index contributed by atoms with van der Waals surface area (Å²) in [4.78, 5) is 31.9. The number of aryl methyl sites for hydroxylation is 2. The van der Waals surface area contributed by atoms with Crippen LogP contribution in [0.3, 0.4) is 0 Å². The van der Waals surface area contributed by atoms with Gasteiger partial charge in [-0.2, -0.15) is 0 Å². The second-order valence-electron chi connectivity index (χ2n) is 6.27. The molecule has 1 unspecified atom stereocenters. The standard InChI is InChI=1S/C16H24N4O3/c1-18-9-7-17-14(18)6-5-13-4-2-3-8-20(13)15(21)12-19-10-11-23-16(19)22/h7,9,13H,2-6,8,10-12H2,1H3. The average Bonchev–Trinajstić information content (AvgIpc) is 3.14. The van der Waals surface area contributed by atoms with Gasteiger partial charge in [0.05, 0.1) is 6.54 Å². The van der Waals surface area contributed by atoms with Gasteiger partial charge < -0.3 is 14.2 Å². The number of cyclic esters (lactones) is 1. The molecule has 1 aromatic heterocycles. The molecule has 2 fully saturated rings. The molecule has 1 atom stereocenters. The quantitative estimate of drug-likeness (QED) is 0.817. The zero-order valence-corrected chi connectivity index (χ0v) is 13.6. The summed E-state index contributed by atoms with van der Waals surface area (Å²) in [6, 6.07) is 0.242. The Labute approximate surface area is 136 Å². The number of aromatic nitrogens is 2. The van der Waals surface area contributed by atoms with Crippen LogP contribution in [0.25, 0.3) is 0 Å². The first kappa shape index (κ1) is 15.8. The van der Waals surface area contributed by atoms with Gasteiger partial charge >= 0.3 is 6.09 Å². The normalized spacial score (nSPS) is 21.6. The van der Waals surface area contributed by atoms with E-state index in [0.717, 1.165) is 44.5 Å². The van der Waals surface area contributed by atoms with Gasteiger partial charge in [0.1, 0.15) is 19.0 Å². The van der Waals surface area contributed by atoms with Gasteiger partial charge in [-0.3, -0.25) is 9.69 Å². The van der Waals surface area contributed by atoms with E-state index in [2.05, 4.69) is 4.98 Å². The van der Waals surface area contributed by atoms with Crippen LogP contribution >= 0.6 is 0 Å². The molecule has 2 aliphatic rings. The predicted octanol–water partition coefficient (Wildman–Crippen LogP) is 1.19. The Morgan fingerprint density at radius 1 is 1.39 bits per heavy atom. The van der Waals surface area contributed by atoms with E-state index >= 15 is 0 Å². The number of imidazole rings is 1. The Morgan fingerprint density at radius 2 is 2.26 bits per heavy atom. The lowest BCUT2D eigenvalue weighted by molar-refractivity contribution is -0.135. The summed E-state index contributed by atoms with van der Waals surface area (Å²) in [6.45, 7) is 1.82. The molecule has 1 aromatic rings. The third kappa shape index (κ3) is 3.65. The molecular weight excluding hydrogens is 296 g/mol. The van der Waals surface area contributed by atoms with Gasteiger partial charge in [0.25, 0.3) is 0 Å². The molecule has 0 bridgehead atoms. The first-order valence-electron chi connectivity index (χ1n) is 8.32. The van der Waals surface area contributed by atoms with Crippen molar-refractivity contribution in [2.24, 2.45) is 7.05 Å². The van der Waals surface area contributed by atoms with Crippen molar-refractivity contribution in [2.75, 3.05) is 26.2 Å². The summed E-state index contributed by atoms with van der Waals surface area (Å²) >= 11 is 0. The molecule has 2 amide bonds. The average molecular weight is 320 g/mol. The van der Waals surface area contributed by atoms with Crippen molar-refractivity contribution >= 4 is 12.0 Å². The minimum Gasteiger partial charge on any atom is -0.448 e. The summed E-state index contributed by atoms with van der Waals surface area (Å²) in [7, 11) is 1.99. The van der Waals surface area contributed by atoms with Crippen molar-refractivity contribution < 1.29 is 14.3 Å². The summed E-state index contributed by atoms with van der Waals surface area (Å²) in [6.07, 6.45) is 8.37. The van der Waals surface area contributed by atoms with Gasteiger partial charge in [0, 0.05) is 38.4 Å². The highest BCUT2D eigenvalue weighted by Gasteiger charge is 2.31. The maximum absolute atomic E-state index is 12.6. The minimum atomic E-state index is -0.375. The van der Waals surface area contributed by atoms with Gasteiger partial charge in [-0.05, 0) is 25.7 Å². The molecule has 0 spiro atoms. The van der Waals surface area contributed by atoms with Crippen LogP contribution in [0.5, 0.6) is 0 Å². The monoisotopic (exact) mass is 320 g/mol. The number of piperidine rings is 1. The summed E-state index contributed by atoms with van der Waals surface area (Å²) in [5, 5.41) is 0. The molecule has 7 nitrogen and oxygen atoms in total. The first-order chi connectivity index (χ1) is 11.1. The van der Waals surface area contributed by atoms with E-state index < -0.39 is 0 Å². The molecule has 3 rings (SSSR count). The van der Waals surface area contributed by atoms with E-state index in [9.17, 15) is 9.59 Å². The third-order valence-electron chi connectivity index (χ3n) is 4.74. The van der Waals surface area contributed by atoms with Crippen LogP contribution in [0, 0.1) is 0 Å². The van der Waals surface area contributed by atoms with Crippen molar-refractivity contribution in [1.82, 2.24) is 19.4 Å². The smallest absolute Gasteiger partial charge is 0.410 e. The van der Waals surface area contributed by atoms with E-state index in [1.165, 1.54) is 4.90 Å². The first-order valence-corrected chi connectivity index (χ1v) is 8.32. The van der Waals surface area contributed by atoms with Crippen molar-refractivity contribution in [2.45, 2.75) is 38.1 Å². The highest BCUT2D eigenvalue weighted by Crippen LogP contribution is 2.22. The fourth-order valence-corrected chi connectivity index (χ4v) is 3.39. The van der Waals surface area contributed by atoms with Gasteiger partial charge in [-0.1, -0.05) is 0 Å². The van der Waals surface area contributed by atoms with Crippen LogP contribution in [0.2, 0.25) is 0 Å². The zero-order valence-electron chi connectivity index (χ0n) is 13.6. The molecule has 23 heavy (non-hydrogen) atoms. The maximum atomic E-state index is 12.6. The molecule has 2 saturated heterocycles. The predicted molar refractivity (Wildman–Crippen MR) is 83.8 cm³/mol.